The fraction of sp³-hybridized carbons (Fsp3) is 0.632. The number of aromatic amines is 1. The van der Waals surface area contributed by atoms with Crippen molar-refractivity contribution in [2.75, 3.05) is 19.7 Å². The average Bonchev–Trinajstić information content (AvgIpc) is 3.33. The van der Waals surface area contributed by atoms with Crippen molar-refractivity contribution < 1.29 is 14.6 Å². The van der Waals surface area contributed by atoms with Gasteiger partial charge in [0.15, 0.2) is 0 Å². The monoisotopic (exact) mass is 405 g/mol. The summed E-state index contributed by atoms with van der Waals surface area (Å²) in [5.74, 6) is 0.704. The SMILES string of the molecule is Cc1nc(C(=O)N[C@@]2(C)CCOC3(CCN(Cc4ncc[nH]4)CC3)[C@@H]2O)cs1. The number of amides is 1. The minimum atomic E-state index is -0.775. The van der Waals surface area contributed by atoms with Crippen LogP contribution < -0.4 is 5.32 Å². The van der Waals surface area contributed by atoms with E-state index < -0.39 is 17.2 Å². The van der Waals surface area contributed by atoms with E-state index in [1.807, 2.05) is 20.0 Å². The first kappa shape index (κ1) is 19.5. The van der Waals surface area contributed by atoms with E-state index in [4.69, 9.17) is 4.74 Å². The number of H-pyrrole nitrogens is 1. The van der Waals surface area contributed by atoms with Gasteiger partial charge in [-0.05, 0) is 33.1 Å². The number of thiazole rings is 1. The number of nitrogens with one attached hydrogen (secondary N) is 2. The lowest BCUT2D eigenvalue weighted by Gasteiger charge is -2.53. The van der Waals surface area contributed by atoms with Gasteiger partial charge in [0.2, 0.25) is 0 Å². The molecule has 2 aliphatic heterocycles. The molecule has 152 valence electrons. The van der Waals surface area contributed by atoms with Crippen LogP contribution in [0.2, 0.25) is 0 Å². The molecule has 2 aromatic rings. The normalized spacial score (nSPS) is 27.8. The Morgan fingerprint density at radius 3 is 2.89 bits per heavy atom. The molecule has 2 atom stereocenters. The minimum absolute atomic E-state index is 0.238. The quantitative estimate of drug-likeness (QED) is 0.712. The van der Waals surface area contributed by atoms with E-state index in [0.29, 0.717) is 18.7 Å². The van der Waals surface area contributed by atoms with Crippen LogP contribution in [0, 0.1) is 6.92 Å². The van der Waals surface area contributed by atoms with Crippen LogP contribution in [0.25, 0.3) is 0 Å². The molecule has 0 radical (unpaired) electrons. The van der Waals surface area contributed by atoms with E-state index in [-0.39, 0.29) is 5.91 Å². The summed E-state index contributed by atoms with van der Waals surface area (Å²) in [4.78, 5) is 26.6. The molecule has 2 saturated heterocycles. The van der Waals surface area contributed by atoms with Gasteiger partial charge in [0.25, 0.3) is 5.91 Å². The number of hydrogen-bond acceptors (Lipinski definition) is 7. The summed E-state index contributed by atoms with van der Waals surface area (Å²) in [6.07, 6.45) is 4.82. The molecule has 0 unspecified atom stereocenters. The third-order valence-corrected chi connectivity index (χ3v) is 6.77. The first-order valence-corrected chi connectivity index (χ1v) is 10.6. The maximum Gasteiger partial charge on any atom is 0.271 e. The molecule has 3 N–H and O–H groups in total. The van der Waals surface area contributed by atoms with Gasteiger partial charge in [-0.2, -0.15) is 0 Å². The largest absolute Gasteiger partial charge is 0.388 e. The van der Waals surface area contributed by atoms with Crippen molar-refractivity contribution in [3.05, 3.63) is 34.3 Å². The Balaban J connectivity index is 1.42. The van der Waals surface area contributed by atoms with Crippen molar-refractivity contribution in [3.8, 4) is 0 Å². The van der Waals surface area contributed by atoms with E-state index in [2.05, 4.69) is 25.2 Å². The highest BCUT2D eigenvalue weighted by Crippen LogP contribution is 2.40. The molecule has 2 aromatic heterocycles. The smallest absolute Gasteiger partial charge is 0.271 e. The number of aryl methyl sites for hydroxylation is 1. The Hall–Kier alpha value is -1.81. The molecule has 4 heterocycles. The van der Waals surface area contributed by atoms with Crippen LogP contribution in [0.4, 0.5) is 0 Å². The van der Waals surface area contributed by atoms with Crippen molar-refractivity contribution >= 4 is 17.2 Å². The summed E-state index contributed by atoms with van der Waals surface area (Å²) in [6.45, 7) is 6.69. The summed E-state index contributed by atoms with van der Waals surface area (Å²) in [5.41, 5.74) is -0.960. The maximum atomic E-state index is 12.6. The zero-order valence-corrected chi connectivity index (χ0v) is 17.1. The Kier molecular flexibility index (Phi) is 5.26. The summed E-state index contributed by atoms with van der Waals surface area (Å²) < 4.78 is 6.12. The van der Waals surface area contributed by atoms with Crippen molar-refractivity contribution in [1.82, 2.24) is 25.2 Å². The summed E-state index contributed by atoms with van der Waals surface area (Å²) >= 11 is 1.45. The van der Waals surface area contributed by atoms with Crippen LogP contribution in [0.3, 0.4) is 0 Å². The molecule has 0 saturated carbocycles. The molecule has 28 heavy (non-hydrogen) atoms. The molecular weight excluding hydrogens is 378 g/mol. The Bertz CT molecular complexity index is 815. The molecule has 4 rings (SSSR count). The molecule has 2 aliphatic rings. The number of nitrogens with zero attached hydrogens (tertiary/aromatic N) is 3. The van der Waals surface area contributed by atoms with Gasteiger partial charge >= 0.3 is 0 Å². The van der Waals surface area contributed by atoms with Crippen LogP contribution in [-0.4, -0.2) is 67.8 Å². The van der Waals surface area contributed by atoms with Crippen LogP contribution >= 0.6 is 11.3 Å². The van der Waals surface area contributed by atoms with E-state index in [1.54, 1.807) is 11.6 Å². The molecule has 8 nitrogen and oxygen atoms in total. The average molecular weight is 406 g/mol. The van der Waals surface area contributed by atoms with Gasteiger partial charge in [0.1, 0.15) is 17.6 Å². The van der Waals surface area contributed by atoms with Gasteiger partial charge in [-0.1, -0.05) is 0 Å². The second-order valence-corrected chi connectivity index (χ2v) is 9.06. The number of carbonyl (C=O) groups is 1. The second kappa shape index (κ2) is 7.55. The third-order valence-electron chi connectivity index (χ3n) is 5.99. The number of piperidine rings is 1. The predicted octanol–water partition coefficient (Wildman–Crippen LogP) is 1.48. The number of carbonyl (C=O) groups excluding carboxylic acids is 1. The highest BCUT2D eigenvalue weighted by atomic mass is 32.1. The summed E-state index contributed by atoms with van der Waals surface area (Å²) in [7, 11) is 0. The first-order valence-electron chi connectivity index (χ1n) is 9.67. The lowest BCUT2D eigenvalue weighted by Crippen LogP contribution is -2.69. The molecule has 9 heteroatoms. The van der Waals surface area contributed by atoms with Crippen molar-refractivity contribution in [2.45, 2.75) is 56.9 Å². The zero-order valence-electron chi connectivity index (χ0n) is 16.3. The van der Waals surface area contributed by atoms with Crippen LogP contribution in [0.5, 0.6) is 0 Å². The first-order chi connectivity index (χ1) is 13.4. The maximum absolute atomic E-state index is 12.6. The molecule has 2 fully saturated rings. The van der Waals surface area contributed by atoms with Crippen LogP contribution in [0.1, 0.15) is 47.5 Å². The zero-order chi connectivity index (χ0) is 19.8. The molecule has 0 aromatic carbocycles. The lowest BCUT2D eigenvalue weighted by atomic mass is 9.73. The van der Waals surface area contributed by atoms with Gasteiger partial charge < -0.3 is 20.1 Å². The molecule has 1 amide bonds. The number of aliphatic hydroxyl groups excluding tert-OH is 1. The number of aromatic nitrogens is 3. The highest BCUT2D eigenvalue weighted by Gasteiger charge is 2.53. The van der Waals surface area contributed by atoms with Gasteiger partial charge in [-0.25, -0.2) is 9.97 Å². The molecule has 0 bridgehead atoms. The molecule has 1 spiro atoms. The Morgan fingerprint density at radius 2 is 2.25 bits per heavy atom. The number of likely N-dealkylation sites (tertiary alicyclic amines) is 1. The van der Waals surface area contributed by atoms with Gasteiger partial charge in [0, 0.05) is 37.5 Å². The van der Waals surface area contributed by atoms with E-state index in [9.17, 15) is 9.90 Å². The van der Waals surface area contributed by atoms with Gasteiger partial charge in [0.05, 0.1) is 22.7 Å². The summed E-state index contributed by atoms with van der Waals surface area (Å²) in [5, 5.41) is 16.9. The fourth-order valence-electron chi connectivity index (χ4n) is 4.29. The molecular formula is C19H27N5O3S. The Morgan fingerprint density at radius 1 is 1.46 bits per heavy atom. The number of imidazole rings is 1. The van der Waals surface area contributed by atoms with Crippen LogP contribution in [-0.2, 0) is 11.3 Å². The van der Waals surface area contributed by atoms with Gasteiger partial charge in [-0.15, -0.1) is 11.3 Å². The topological polar surface area (TPSA) is 103 Å². The number of ether oxygens (including phenoxy) is 1. The van der Waals surface area contributed by atoms with E-state index >= 15 is 0 Å². The number of rotatable bonds is 4. The fourth-order valence-corrected chi connectivity index (χ4v) is 4.88. The number of aliphatic hydroxyl groups is 1. The third kappa shape index (κ3) is 3.71. The highest BCUT2D eigenvalue weighted by molar-refractivity contribution is 7.09. The summed E-state index contributed by atoms with van der Waals surface area (Å²) in [6, 6.07) is 0. The van der Waals surface area contributed by atoms with Crippen LogP contribution in [0.15, 0.2) is 17.8 Å². The second-order valence-electron chi connectivity index (χ2n) is 8.00. The van der Waals surface area contributed by atoms with Crippen molar-refractivity contribution in [1.29, 1.82) is 0 Å². The standard InChI is InChI=1S/C19H27N5O3S/c1-13-22-14(12-28-13)16(25)23-18(2)5-10-27-19(17(18)26)3-8-24(9-4-19)11-15-20-6-7-21-15/h6-7,12,17,26H,3-5,8-11H2,1-2H3,(H,20,21)(H,23,25)/t17-,18+/m1/s1. The number of hydrogen-bond donors (Lipinski definition) is 3. The minimum Gasteiger partial charge on any atom is -0.388 e. The lowest BCUT2D eigenvalue weighted by molar-refractivity contribution is -0.206. The molecule has 0 aliphatic carbocycles. The Labute approximate surface area is 168 Å². The van der Waals surface area contributed by atoms with Crippen molar-refractivity contribution in [2.24, 2.45) is 0 Å². The van der Waals surface area contributed by atoms with Crippen molar-refractivity contribution in [3.63, 3.8) is 0 Å². The predicted molar refractivity (Wildman–Crippen MR) is 105 cm³/mol. The van der Waals surface area contributed by atoms with Gasteiger partial charge in [-0.3, -0.25) is 9.69 Å². The van der Waals surface area contributed by atoms with E-state index in [0.717, 1.165) is 43.3 Å². The van der Waals surface area contributed by atoms with E-state index in [1.165, 1.54) is 11.3 Å².